The number of carboxylic acid groups (broad SMARTS) is 2. The molecule has 0 aromatic heterocycles. The number of phenols is 2. The number of hydrogen-bond donors (Lipinski definition) is 4. The molecule has 0 bridgehead atoms. The van der Waals surface area contributed by atoms with Crippen LogP contribution in [0.4, 0.5) is 0 Å². The van der Waals surface area contributed by atoms with Gasteiger partial charge in [-0.15, -0.1) is 0 Å². The number of aromatic hydroxyl groups is 2. The third-order valence-corrected chi connectivity index (χ3v) is 6.52. The Kier molecular flexibility index (Phi) is 6.95. The van der Waals surface area contributed by atoms with Crippen molar-refractivity contribution in [2.45, 2.75) is 6.42 Å². The summed E-state index contributed by atoms with van der Waals surface area (Å²) in [6, 6.07) is 20.5. The van der Waals surface area contributed by atoms with E-state index in [4.69, 9.17) is 0 Å². The van der Waals surface area contributed by atoms with Crippen LogP contribution < -0.4 is 0 Å². The molecule has 0 aliphatic heterocycles. The lowest BCUT2D eigenvalue weighted by atomic mass is 9.92. The van der Waals surface area contributed by atoms with Gasteiger partial charge in [0.05, 0.1) is 0 Å². The number of halogens is 2. The van der Waals surface area contributed by atoms with Crippen LogP contribution in [0.15, 0.2) is 81.7 Å². The molecule has 0 aliphatic rings. The van der Waals surface area contributed by atoms with Gasteiger partial charge in [0.15, 0.2) is 0 Å². The lowest BCUT2D eigenvalue weighted by Crippen LogP contribution is -2.04. The maximum Gasteiger partial charge on any atom is 0.339 e. The van der Waals surface area contributed by atoms with Gasteiger partial charge in [0.1, 0.15) is 22.6 Å². The molecule has 0 atom stereocenters. The first-order valence-electron chi connectivity index (χ1n) is 10.3. The van der Waals surface area contributed by atoms with Crippen LogP contribution in [-0.2, 0) is 6.42 Å². The van der Waals surface area contributed by atoms with Crippen molar-refractivity contribution >= 4 is 43.8 Å². The van der Waals surface area contributed by atoms with E-state index in [2.05, 4.69) is 31.9 Å². The molecule has 4 aromatic carbocycles. The molecule has 0 radical (unpaired) electrons. The Labute approximate surface area is 217 Å². The van der Waals surface area contributed by atoms with Gasteiger partial charge in [-0.1, -0.05) is 56.1 Å². The van der Waals surface area contributed by atoms with Crippen molar-refractivity contribution in [1.29, 1.82) is 0 Å². The van der Waals surface area contributed by atoms with Crippen LogP contribution in [0, 0.1) is 0 Å². The summed E-state index contributed by atoms with van der Waals surface area (Å²) in [5, 5.41) is 40.8. The summed E-state index contributed by atoms with van der Waals surface area (Å²) in [5.41, 5.74) is 2.44. The molecular weight excluding hydrogens is 580 g/mol. The molecule has 0 spiro atoms. The third kappa shape index (κ3) is 5.23. The lowest BCUT2D eigenvalue weighted by molar-refractivity contribution is 0.0682. The Balaban J connectivity index is 1.89. The fraction of sp³-hybridized carbons (Fsp3) is 0.0370. The van der Waals surface area contributed by atoms with E-state index in [1.165, 1.54) is 12.1 Å². The van der Waals surface area contributed by atoms with Crippen LogP contribution in [0.5, 0.6) is 11.5 Å². The number of benzene rings is 4. The van der Waals surface area contributed by atoms with Gasteiger partial charge in [-0.2, -0.15) is 0 Å². The SMILES string of the molecule is O=C(O)c1cc(-c2cccc(Br)c2)cc(Cc2cc(-c3cccc(Br)c3)cc(C(=O)O)c2O)c1O. The Morgan fingerprint density at radius 3 is 1.34 bits per heavy atom. The molecule has 0 aliphatic carbocycles. The first-order chi connectivity index (χ1) is 16.6. The van der Waals surface area contributed by atoms with Gasteiger partial charge in [-0.05, 0) is 81.9 Å². The van der Waals surface area contributed by atoms with Crippen LogP contribution in [0.2, 0.25) is 0 Å². The van der Waals surface area contributed by atoms with Crippen molar-refractivity contribution in [3.63, 3.8) is 0 Å². The third-order valence-electron chi connectivity index (χ3n) is 5.54. The van der Waals surface area contributed by atoms with Crippen LogP contribution in [0.1, 0.15) is 31.8 Å². The Bertz CT molecular complexity index is 1370. The van der Waals surface area contributed by atoms with E-state index in [9.17, 15) is 30.0 Å². The largest absolute Gasteiger partial charge is 0.507 e. The van der Waals surface area contributed by atoms with E-state index in [0.717, 1.165) is 20.1 Å². The molecule has 4 rings (SSSR count). The zero-order valence-electron chi connectivity index (χ0n) is 18.0. The molecule has 0 saturated carbocycles. The number of aromatic carboxylic acids is 2. The maximum atomic E-state index is 11.9. The highest BCUT2D eigenvalue weighted by Gasteiger charge is 2.21. The highest BCUT2D eigenvalue weighted by atomic mass is 79.9. The molecule has 4 N–H and O–H groups in total. The second-order valence-corrected chi connectivity index (χ2v) is 9.70. The average Bonchev–Trinajstić information content (AvgIpc) is 2.81. The Morgan fingerprint density at radius 2 is 1.00 bits per heavy atom. The summed E-state index contributed by atoms with van der Waals surface area (Å²) in [7, 11) is 0. The molecular formula is C27H18Br2O6. The lowest BCUT2D eigenvalue weighted by Gasteiger charge is -2.15. The van der Waals surface area contributed by atoms with Crippen molar-refractivity contribution < 1.29 is 30.0 Å². The molecule has 0 heterocycles. The van der Waals surface area contributed by atoms with Gasteiger partial charge in [0, 0.05) is 15.4 Å². The van der Waals surface area contributed by atoms with Crippen molar-refractivity contribution in [2.75, 3.05) is 0 Å². The van der Waals surface area contributed by atoms with Crippen LogP contribution in [0.3, 0.4) is 0 Å². The van der Waals surface area contributed by atoms with E-state index < -0.39 is 23.4 Å². The number of hydrogen-bond acceptors (Lipinski definition) is 4. The smallest absolute Gasteiger partial charge is 0.339 e. The van der Waals surface area contributed by atoms with Gasteiger partial charge in [-0.3, -0.25) is 0 Å². The zero-order valence-corrected chi connectivity index (χ0v) is 21.2. The minimum Gasteiger partial charge on any atom is -0.507 e. The number of carboxylic acids is 2. The number of carbonyl (C=O) groups is 2. The van der Waals surface area contributed by atoms with Crippen molar-refractivity contribution in [1.82, 2.24) is 0 Å². The van der Waals surface area contributed by atoms with Gasteiger partial charge < -0.3 is 20.4 Å². The van der Waals surface area contributed by atoms with Crippen molar-refractivity contribution in [2.24, 2.45) is 0 Å². The summed E-state index contributed by atoms with van der Waals surface area (Å²) in [6.07, 6.45) is -0.0953. The predicted octanol–water partition coefficient (Wildman–Crippen LogP) is 6.94. The van der Waals surface area contributed by atoms with Crippen molar-refractivity contribution in [3.05, 3.63) is 104 Å². The van der Waals surface area contributed by atoms with E-state index in [1.54, 1.807) is 36.4 Å². The number of rotatable bonds is 6. The first-order valence-corrected chi connectivity index (χ1v) is 11.9. The monoisotopic (exact) mass is 596 g/mol. The molecule has 6 nitrogen and oxygen atoms in total. The average molecular weight is 598 g/mol. The zero-order chi connectivity index (χ0) is 25.3. The summed E-state index contributed by atoms with van der Waals surface area (Å²) in [5.74, 6) is -3.50. The second-order valence-electron chi connectivity index (χ2n) is 7.87. The minimum atomic E-state index is -1.31. The van der Waals surface area contributed by atoms with Gasteiger partial charge in [0.2, 0.25) is 0 Å². The topological polar surface area (TPSA) is 115 Å². The summed E-state index contributed by atoms with van der Waals surface area (Å²) in [6.45, 7) is 0. The molecule has 0 amide bonds. The standard InChI is InChI=1S/C27H18Br2O6/c28-20-5-1-3-14(10-20)16-7-18(24(30)22(12-16)26(32)33)9-19-8-17(13-23(25(19)31)27(34)35)15-4-2-6-21(29)11-15/h1-8,10-13,30-31H,9H2,(H,32,33)(H,34,35). The predicted molar refractivity (Wildman–Crippen MR) is 139 cm³/mol. The first kappa shape index (κ1) is 24.5. The summed E-state index contributed by atoms with van der Waals surface area (Å²) >= 11 is 6.80. The second kappa shape index (κ2) is 9.93. The fourth-order valence-corrected chi connectivity index (χ4v) is 4.66. The van der Waals surface area contributed by atoms with Crippen LogP contribution in [0.25, 0.3) is 22.3 Å². The highest BCUT2D eigenvalue weighted by molar-refractivity contribution is 9.10. The van der Waals surface area contributed by atoms with E-state index in [0.29, 0.717) is 11.1 Å². The maximum absolute atomic E-state index is 11.9. The van der Waals surface area contributed by atoms with Gasteiger partial charge in [-0.25, -0.2) is 9.59 Å². The van der Waals surface area contributed by atoms with Crippen LogP contribution in [-0.4, -0.2) is 32.4 Å². The van der Waals surface area contributed by atoms with E-state index in [-0.39, 0.29) is 28.7 Å². The van der Waals surface area contributed by atoms with E-state index in [1.807, 2.05) is 24.3 Å². The summed E-state index contributed by atoms with van der Waals surface area (Å²) in [4.78, 5) is 23.7. The molecule has 176 valence electrons. The molecule has 0 unspecified atom stereocenters. The minimum absolute atomic E-state index is 0.0953. The van der Waals surface area contributed by atoms with Crippen molar-refractivity contribution in [3.8, 4) is 33.8 Å². The molecule has 0 saturated heterocycles. The molecule has 35 heavy (non-hydrogen) atoms. The van der Waals surface area contributed by atoms with Crippen LogP contribution >= 0.6 is 31.9 Å². The molecule has 0 fully saturated rings. The normalized spacial score (nSPS) is 10.8. The molecule has 8 heteroatoms. The summed E-state index contributed by atoms with van der Waals surface area (Å²) < 4.78 is 1.60. The van der Waals surface area contributed by atoms with E-state index >= 15 is 0 Å². The Hall–Kier alpha value is -3.62. The van der Waals surface area contributed by atoms with Gasteiger partial charge in [0.25, 0.3) is 0 Å². The highest BCUT2D eigenvalue weighted by Crippen LogP contribution is 2.37. The quantitative estimate of drug-likeness (QED) is 0.191. The van der Waals surface area contributed by atoms with Gasteiger partial charge >= 0.3 is 11.9 Å². The fourth-order valence-electron chi connectivity index (χ4n) is 3.86. The molecule has 4 aromatic rings. The Morgan fingerprint density at radius 1 is 0.600 bits per heavy atom.